The molecule has 0 aliphatic rings. The first-order valence-electron chi connectivity index (χ1n) is 6.67. The van der Waals surface area contributed by atoms with Crippen molar-refractivity contribution < 1.29 is 17.9 Å². The molecule has 2 rings (SSSR count). The molecule has 2 aromatic rings. The SMILES string of the molecule is COC(=O)C(N)Cc1cccc(S(=O)(=O)c2ccccc2)c1. The third-order valence-electron chi connectivity index (χ3n) is 3.22. The van der Waals surface area contributed by atoms with Gasteiger partial charge in [0.2, 0.25) is 9.84 Å². The molecule has 0 spiro atoms. The fourth-order valence-electron chi connectivity index (χ4n) is 2.06. The van der Waals surface area contributed by atoms with E-state index in [0.29, 0.717) is 5.56 Å². The van der Waals surface area contributed by atoms with Crippen LogP contribution in [-0.4, -0.2) is 27.5 Å². The maximum absolute atomic E-state index is 12.5. The zero-order valence-electron chi connectivity index (χ0n) is 12.1. The van der Waals surface area contributed by atoms with Gasteiger partial charge in [0.1, 0.15) is 6.04 Å². The van der Waals surface area contributed by atoms with Crippen LogP contribution < -0.4 is 5.73 Å². The first-order valence-corrected chi connectivity index (χ1v) is 8.16. The lowest BCUT2D eigenvalue weighted by molar-refractivity contribution is -0.142. The largest absolute Gasteiger partial charge is 0.468 e. The molecule has 0 radical (unpaired) electrons. The fourth-order valence-corrected chi connectivity index (χ4v) is 3.42. The van der Waals surface area contributed by atoms with Gasteiger partial charge in [-0.05, 0) is 36.2 Å². The first kappa shape index (κ1) is 16.2. The van der Waals surface area contributed by atoms with Gasteiger partial charge < -0.3 is 10.5 Å². The summed E-state index contributed by atoms with van der Waals surface area (Å²) in [5.41, 5.74) is 6.37. The van der Waals surface area contributed by atoms with Crippen LogP contribution in [0.2, 0.25) is 0 Å². The molecular formula is C16H17NO4S. The number of rotatable bonds is 5. The highest BCUT2D eigenvalue weighted by Crippen LogP contribution is 2.21. The zero-order valence-corrected chi connectivity index (χ0v) is 12.9. The molecule has 5 nitrogen and oxygen atoms in total. The lowest BCUT2D eigenvalue weighted by Crippen LogP contribution is -2.33. The minimum atomic E-state index is -3.58. The Morgan fingerprint density at radius 3 is 2.36 bits per heavy atom. The highest BCUT2D eigenvalue weighted by molar-refractivity contribution is 7.91. The molecule has 0 aliphatic heterocycles. The van der Waals surface area contributed by atoms with E-state index in [9.17, 15) is 13.2 Å². The number of carbonyl (C=O) groups is 1. The Morgan fingerprint density at radius 2 is 1.73 bits per heavy atom. The topological polar surface area (TPSA) is 86.5 Å². The molecule has 0 saturated heterocycles. The predicted molar refractivity (Wildman–Crippen MR) is 82.0 cm³/mol. The Labute approximate surface area is 129 Å². The van der Waals surface area contributed by atoms with Crippen molar-refractivity contribution in [2.75, 3.05) is 7.11 Å². The predicted octanol–water partition coefficient (Wildman–Crippen LogP) is 1.56. The quantitative estimate of drug-likeness (QED) is 0.845. The molecule has 6 heteroatoms. The van der Waals surface area contributed by atoms with E-state index in [2.05, 4.69) is 4.74 Å². The number of methoxy groups -OCH3 is 1. The molecule has 0 aromatic heterocycles. The smallest absolute Gasteiger partial charge is 0.322 e. The van der Waals surface area contributed by atoms with Crippen molar-refractivity contribution in [3.05, 3.63) is 60.2 Å². The van der Waals surface area contributed by atoms with Gasteiger partial charge in [-0.15, -0.1) is 0 Å². The molecule has 0 saturated carbocycles. The van der Waals surface area contributed by atoms with E-state index in [-0.39, 0.29) is 16.2 Å². The Bertz CT molecular complexity index is 757. The van der Waals surface area contributed by atoms with E-state index < -0.39 is 21.8 Å². The van der Waals surface area contributed by atoms with E-state index in [1.165, 1.54) is 19.2 Å². The summed E-state index contributed by atoms with van der Waals surface area (Å²) in [6.45, 7) is 0. The molecule has 116 valence electrons. The second-order valence-corrected chi connectivity index (χ2v) is 6.75. The standard InChI is InChI=1S/C16H17NO4S/c1-21-16(18)15(17)11-12-6-5-9-14(10-12)22(19,20)13-7-3-2-4-8-13/h2-10,15H,11,17H2,1H3. The van der Waals surface area contributed by atoms with Gasteiger partial charge in [-0.3, -0.25) is 4.79 Å². The third-order valence-corrected chi connectivity index (χ3v) is 4.99. The second kappa shape index (κ2) is 6.72. The highest BCUT2D eigenvalue weighted by atomic mass is 32.2. The summed E-state index contributed by atoms with van der Waals surface area (Å²) < 4.78 is 29.6. The van der Waals surface area contributed by atoms with Crippen molar-refractivity contribution in [3.8, 4) is 0 Å². The van der Waals surface area contributed by atoms with Crippen molar-refractivity contribution in [2.24, 2.45) is 5.73 Å². The molecule has 0 heterocycles. The van der Waals surface area contributed by atoms with Crippen molar-refractivity contribution in [2.45, 2.75) is 22.3 Å². The van der Waals surface area contributed by atoms with Crippen LogP contribution in [0.15, 0.2) is 64.4 Å². The summed E-state index contributed by atoms with van der Waals surface area (Å²) >= 11 is 0. The Hall–Kier alpha value is -2.18. The van der Waals surface area contributed by atoms with Crippen molar-refractivity contribution in [3.63, 3.8) is 0 Å². The summed E-state index contributed by atoms with van der Waals surface area (Å²) in [4.78, 5) is 11.8. The van der Waals surface area contributed by atoms with Crippen molar-refractivity contribution in [1.29, 1.82) is 0 Å². The lowest BCUT2D eigenvalue weighted by Gasteiger charge is -2.11. The number of esters is 1. The maximum Gasteiger partial charge on any atom is 0.322 e. The van der Waals surface area contributed by atoms with Crippen LogP contribution in [0.3, 0.4) is 0 Å². The van der Waals surface area contributed by atoms with E-state index in [1.54, 1.807) is 42.5 Å². The van der Waals surface area contributed by atoms with E-state index >= 15 is 0 Å². The zero-order chi connectivity index (χ0) is 16.2. The van der Waals surface area contributed by atoms with Gasteiger partial charge in [0, 0.05) is 0 Å². The number of ether oxygens (including phenoxy) is 1. The molecule has 0 bridgehead atoms. The van der Waals surface area contributed by atoms with E-state index in [1.807, 2.05) is 0 Å². The van der Waals surface area contributed by atoms with Crippen LogP contribution in [-0.2, 0) is 25.8 Å². The van der Waals surface area contributed by atoms with Gasteiger partial charge in [-0.1, -0.05) is 30.3 Å². The molecule has 1 atom stereocenters. The van der Waals surface area contributed by atoms with Crippen molar-refractivity contribution >= 4 is 15.8 Å². The van der Waals surface area contributed by atoms with Gasteiger partial charge in [0.25, 0.3) is 0 Å². The van der Waals surface area contributed by atoms with Crippen LogP contribution in [0, 0.1) is 0 Å². The molecule has 0 fully saturated rings. The monoisotopic (exact) mass is 319 g/mol. The minimum absolute atomic E-state index is 0.174. The fraction of sp³-hybridized carbons (Fsp3) is 0.188. The molecule has 0 aliphatic carbocycles. The van der Waals surface area contributed by atoms with Gasteiger partial charge in [0.15, 0.2) is 0 Å². The summed E-state index contributed by atoms with van der Waals surface area (Å²) in [6, 6.07) is 13.8. The van der Waals surface area contributed by atoms with E-state index in [4.69, 9.17) is 5.73 Å². The van der Waals surface area contributed by atoms with Crippen LogP contribution in [0.5, 0.6) is 0 Å². The normalized spacial score (nSPS) is 12.6. The van der Waals surface area contributed by atoms with Crippen LogP contribution in [0.25, 0.3) is 0 Å². The number of hydrogen-bond acceptors (Lipinski definition) is 5. The number of sulfone groups is 1. The minimum Gasteiger partial charge on any atom is -0.468 e. The molecule has 1 unspecified atom stereocenters. The Balaban J connectivity index is 2.31. The number of carbonyl (C=O) groups excluding carboxylic acids is 1. The Morgan fingerprint density at radius 1 is 1.09 bits per heavy atom. The van der Waals surface area contributed by atoms with Gasteiger partial charge in [0.05, 0.1) is 16.9 Å². The summed E-state index contributed by atoms with van der Waals surface area (Å²) in [6.07, 6.45) is 0.213. The van der Waals surface area contributed by atoms with Crippen LogP contribution in [0.4, 0.5) is 0 Å². The third kappa shape index (κ3) is 3.52. The summed E-state index contributed by atoms with van der Waals surface area (Å²) in [5.74, 6) is -0.531. The summed E-state index contributed by atoms with van der Waals surface area (Å²) in [5, 5.41) is 0. The summed E-state index contributed by atoms with van der Waals surface area (Å²) in [7, 11) is -2.32. The van der Waals surface area contributed by atoms with Crippen molar-refractivity contribution in [1.82, 2.24) is 0 Å². The molecule has 22 heavy (non-hydrogen) atoms. The van der Waals surface area contributed by atoms with Gasteiger partial charge >= 0.3 is 5.97 Å². The number of benzene rings is 2. The molecule has 2 aromatic carbocycles. The van der Waals surface area contributed by atoms with Crippen LogP contribution >= 0.6 is 0 Å². The maximum atomic E-state index is 12.5. The first-order chi connectivity index (χ1) is 10.4. The Kier molecular flexibility index (Phi) is 4.95. The van der Waals surface area contributed by atoms with Crippen LogP contribution in [0.1, 0.15) is 5.56 Å². The van der Waals surface area contributed by atoms with Gasteiger partial charge in [-0.2, -0.15) is 0 Å². The van der Waals surface area contributed by atoms with E-state index in [0.717, 1.165) is 0 Å². The lowest BCUT2D eigenvalue weighted by atomic mass is 10.1. The van der Waals surface area contributed by atoms with Gasteiger partial charge in [-0.25, -0.2) is 8.42 Å². The number of hydrogen-bond donors (Lipinski definition) is 1. The highest BCUT2D eigenvalue weighted by Gasteiger charge is 2.19. The number of nitrogens with two attached hydrogens (primary N) is 1. The molecule has 0 amide bonds. The average molecular weight is 319 g/mol. The second-order valence-electron chi connectivity index (χ2n) is 4.80. The average Bonchev–Trinajstić information content (AvgIpc) is 2.55. The molecule has 2 N–H and O–H groups in total. The molecular weight excluding hydrogens is 302 g/mol.